The minimum Gasteiger partial charge on any atom is -0.427 e. The number of rotatable bonds is 12. The monoisotopic (exact) mass is 531 g/mol. The lowest BCUT2D eigenvalue weighted by atomic mass is 9.88. The Kier molecular flexibility index (Phi) is 9.68. The highest BCUT2D eigenvalue weighted by atomic mass is 16.5. The van der Waals surface area contributed by atoms with Gasteiger partial charge in [-0.15, -0.1) is 5.10 Å². The number of hydrogen-bond acceptors (Lipinski definition) is 5. The SMILES string of the molecule is CCCC[N+]1(Cc2ccc(OC(=O)CCc3cn(C)nn3)cc2)CCCCC1C(=O)Cc1c(C)cccc1C. The van der Waals surface area contributed by atoms with E-state index in [1.807, 2.05) is 12.1 Å². The molecule has 1 aromatic heterocycles. The Balaban J connectivity index is 1.45. The van der Waals surface area contributed by atoms with E-state index in [1.54, 1.807) is 17.9 Å². The van der Waals surface area contributed by atoms with E-state index in [9.17, 15) is 9.59 Å². The molecule has 2 aromatic carbocycles. The first-order chi connectivity index (χ1) is 18.8. The van der Waals surface area contributed by atoms with Gasteiger partial charge in [0.15, 0.2) is 5.78 Å². The minimum absolute atomic E-state index is 0.0166. The van der Waals surface area contributed by atoms with Gasteiger partial charge in [0.25, 0.3) is 0 Å². The van der Waals surface area contributed by atoms with E-state index in [1.165, 1.54) is 22.3 Å². The average molecular weight is 532 g/mol. The molecule has 7 heteroatoms. The fourth-order valence-corrected chi connectivity index (χ4v) is 6.04. The molecule has 4 rings (SSSR count). The van der Waals surface area contributed by atoms with Crippen LogP contribution in [0.4, 0.5) is 0 Å². The maximum absolute atomic E-state index is 13.9. The average Bonchev–Trinajstić information content (AvgIpc) is 3.35. The molecule has 1 saturated heterocycles. The third-order valence-corrected chi connectivity index (χ3v) is 8.20. The number of benzene rings is 2. The Morgan fingerprint density at radius 3 is 2.49 bits per heavy atom. The molecule has 2 unspecified atom stereocenters. The minimum atomic E-state index is -0.284. The molecule has 2 heterocycles. The largest absolute Gasteiger partial charge is 0.427 e. The Morgan fingerprint density at radius 2 is 1.82 bits per heavy atom. The van der Waals surface area contributed by atoms with Crippen LogP contribution >= 0.6 is 0 Å². The molecule has 3 aromatic rings. The van der Waals surface area contributed by atoms with Gasteiger partial charge < -0.3 is 9.22 Å². The number of aryl methyl sites for hydroxylation is 4. The van der Waals surface area contributed by atoms with Crippen LogP contribution in [-0.4, -0.2) is 50.4 Å². The quantitative estimate of drug-likeness (QED) is 0.176. The number of ketones is 1. The number of carbonyl (C=O) groups is 2. The molecule has 2 atom stereocenters. The van der Waals surface area contributed by atoms with E-state index in [4.69, 9.17) is 4.74 Å². The maximum Gasteiger partial charge on any atom is 0.311 e. The molecule has 0 bridgehead atoms. The molecular formula is C32H43N4O3+. The van der Waals surface area contributed by atoms with Crippen molar-refractivity contribution in [2.45, 2.75) is 84.7 Å². The second-order valence-corrected chi connectivity index (χ2v) is 11.2. The van der Waals surface area contributed by atoms with Crippen LogP contribution in [0.2, 0.25) is 0 Å². The number of nitrogens with zero attached hydrogens (tertiary/aromatic N) is 4. The zero-order valence-corrected chi connectivity index (χ0v) is 24.0. The molecule has 39 heavy (non-hydrogen) atoms. The third-order valence-electron chi connectivity index (χ3n) is 8.20. The zero-order chi connectivity index (χ0) is 27.8. The summed E-state index contributed by atoms with van der Waals surface area (Å²) in [5.41, 5.74) is 5.54. The van der Waals surface area contributed by atoms with Crippen LogP contribution in [0.1, 0.15) is 73.4 Å². The van der Waals surface area contributed by atoms with Gasteiger partial charge in [-0.05, 0) is 74.1 Å². The Morgan fingerprint density at radius 1 is 1.08 bits per heavy atom. The van der Waals surface area contributed by atoms with Crippen molar-refractivity contribution in [2.24, 2.45) is 7.05 Å². The number of likely N-dealkylation sites (tertiary alicyclic amines) is 1. The van der Waals surface area contributed by atoms with Crippen LogP contribution in [0.15, 0.2) is 48.7 Å². The molecular weight excluding hydrogens is 488 g/mol. The van der Waals surface area contributed by atoms with Crippen molar-refractivity contribution in [1.29, 1.82) is 0 Å². The lowest BCUT2D eigenvalue weighted by molar-refractivity contribution is -0.959. The van der Waals surface area contributed by atoms with Crippen LogP contribution in [0, 0.1) is 13.8 Å². The lowest BCUT2D eigenvalue weighted by Crippen LogP contribution is -2.61. The molecule has 7 nitrogen and oxygen atoms in total. The molecule has 0 N–H and O–H groups in total. The Bertz CT molecular complexity index is 1250. The highest BCUT2D eigenvalue weighted by Gasteiger charge is 2.43. The van der Waals surface area contributed by atoms with E-state index in [-0.39, 0.29) is 18.4 Å². The van der Waals surface area contributed by atoms with Crippen LogP contribution in [-0.2, 0) is 36.0 Å². The van der Waals surface area contributed by atoms with Crippen LogP contribution < -0.4 is 4.74 Å². The fraction of sp³-hybridized carbons (Fsp3) is 0.500. The van der Waals surface area contributed by atoms with E-state index in [0.717, 1.165) is 61.9 Å². The van der Waals surface area contributed by atoms with Crippen LogP contribution in [0.25, 0.3) is 0 Å². The molecule has 0 amide bonds. The summed E-state index contributed by atoms with van der Waals surface area (Å²) in [5.74, 6) is 0.634. The van der Waals surface area contributed by atoms with E-state index in [2.05, 4.69) is 61.4 Å². The first-order valence-electron chi connectivity index (χ1n) is 14.4. The summed E-state index contributed by atoms with van der Waals surface area (Å²) in [6.45, 7) is 9.31. The molecule has 208 valence electrons. The van der Waals surface area contributed by atoms with Crippen molar-refractivity contribution in [1.82, 2.24) is 15.0 Å². The van der Waals surface area contributed by atoms with Gasteiger partial charge in [-0.2, -0.15) is 0 Å². The summed E-state index contributed by atoms with van der Waals surface area (Å²) < 4.78 is 8.03. The van der Waals surface area contributed by atoms with Gasteiger partial charge in [-0.25, -0.2) is 0 Å². The van der Waals surface area contributed by atoms with Crippen LogP contribution in [0.3, 0.4) is 0 Å². The first kappa shape index (κ1) is 28.7. The topological polar surface area (TPSA) is 74.1 Å². The highest BCUT2D eigenvalue weighted by molar-refractivity contribution is 5.85. The number of esters is 1. The number of ether oxygens (including phenoxy) is 1. The number of aromatic nitrogens is 3. The normalized spacial score (nSPS) is 19.1. The predicted octanol–water partition coefficient (Wildman–Crippen LogP) is 5.45. The summed E-state index contributed by atoms with van der Waals surface area (Å²) >= 11 is 0. The lowest BCUT2D eigenvalue weighted by Gasteiger charge is -2.47. The van der Waals surface area contributed by atoms with Gasteiger partial charge in [0.1, 0.15) is 18.3 Å². The molecule has 1 fully saturated rings. The summed E-state index contributed by atoms with van der Waals surface area (Å²) in [7, 11) is 1.80. The molecule has 0 spiro atoms. The second-order valence-electron chi connectivity index (χ2n) is 11.2. The summed E-state index contributed by atoms with van der Waals surface area (Å²) in [5, 5.41) is 7.92. The van der Waals surface area contributed by atoms with E-state index in [0.29, 0.717) is 24.4 Å². The molecule has 0 radical (unpaired) electrons. The van der Waals surface area contributed by atoms with Crippen molar-refractivity contribution < 1.29 is 18.8 Å². The van der Waals surface area contributed by atoms with Gasteiger partial charge in [-0.1, -0.05) is 36.8 Å². The number of piperidine rings is 1. The van der Waals surface area contributed by atoms with Gasteiger partial charge in [-0.3, -0.25) is 14.3 Å². The summed E-state index contributed by atoms with van der Waals surface area (Å²) in [6, 6.07) is 14.2. The second kappa shape index (κ2) is 13.2. The van der Waals surface area contributed by atoms with Crippen LogP contribution in [0.5, 0.6) is 5.75 Å². The number of unbranched alkanes of at least 4 members (excludes halogenated alkanes) is 1. The van der Waals surface area contributed by atoms with Crippen molar-refractivity contribution in [3.05, 3.63) is 76.6 Å². The highest BCUT2D eigenvalue weighted by Crippen LogP contribution is 2.32. The maximum atomic E-state index is 13.9. The van der Waals surface area contributed by atoms with Gasteiger partial charge in [0.2, 0.25) is 0 Å². The first-order valence-corrected chi connectivity index (χ1v) is 14.4. The Labute approximate surface area is 232 Å². The summed E-state index contributed by atoms with van der Waals surface area (Å²) in [4.78, 5) is 26.3. The number of quaternary nitrogens is 1. The summed E-state index contributed by atoms with van der Waals surface area (Å²) in [6.07, 6.45) is 8.50. The standard InChI is InChI=1S/C32H43N4O3/c1-5-6-19-36(20-8-7-12-30(36)31(37)21-29-24(2)10-9-11-25(29)3)23-26-13-16-28(17-14-26)39-32(38)18-15-27-22-35(4)34-33-27/h9-11,13-14,16-17,22,30H,5-8,12,15,18-21,23H2,1-4H3/q+1. The zero-order valence-electron chi connectivity index (χ0n) is 24.0. The van der Waals surface area contributed by atoms with Crippen molar-refractivity contribution in [3.63, 3.8) is 0 Å². The number of Topliss-reactive ketones (excluding diaryl/α,β-unsaturated/α-hetero) is 1. The van der Waals surface area contributed by atoms with Crippen molar-refractivity contribution in [2.75, 3.05) is 13.1 Å². The Hall–Kier alpha value is -3.32. The molecule has 0 saturated carbocycles. The van der Waals surface area contributed by atoms with Crippen molar-refractivity contribution >= 4 is 11.8 Å². The number of carbonyl (C=O) groups excluding carboxylic acids is 2. The smallest absolute Gasteiger partial charge is 0.311 e. The van der Waals surface area contributed by atoms with E-state index < -0.39 is 0 Å². The van der Waals surface area contributed by atoms with Crippen molar-refractivity contribution in [3.8, 4) is 5.75 Å². The number of hydrogen-bond donors (Lipinski definition) is 0. The molecule has 1 aliphatic heterocycles. The van der Waals surface area contributed by atoms with Gasteiger partial charge in [0, 0.05) is 38.1 Å². The van der Waals surface area contributed by atoms with Gasteiger partial charge >= 0.3 is 5.97 Å². The van der Waals surface area contributed by atoms with Gasteiger partial charge in [0.05, 0.1) is 25.2 Å². The molecule has 1 aliphatic rings. The third kappa shape index (κ3) is 7.41. The predicted molar refractivity (Wildman–Crippen MR) is 152 cm³/mol. The fourth-order valence-electron chi connectivity index (χ4n) is 6.04. The van der Waals surface area contributed by atoms with E-state index >= 15 is 0 Å². The molecule has 0 aliphatic carbocycles.